The van der Waals surface area contributed by atoms with E-state index in [-0.39, 0.29) is 37.0 Å². The molecule has 58 heavy (non-hydrogen) atoms. The summed E-state index contributed by atoms with van der Waals surface area (Å²) in [6.07, 6.45) is 2.81. The van der Waals surface area contributed by atoms with E-state index in [1.165, 1.54) is 6.33 Å². The van der Waals surface area contributed by atoms with Crippen LogP contribution in [0, 0.1) is 5.41 Å². The van der Waals surface area contributed by atoms with E-state index in [4.69, 9.17) is 29.2 Å². The molecule has 6 aromatic rings. The molecule has 1 atom stereocenters. The number of anilines is 1. The second kappa shape index (κ2) is 19.6. The second-order valence-corrected chi connectivity index (χ2v) is 17.3. The normalized spacial score (nSPS) is 13.0. The highest BCUT2D eigenvalue weighted by atomic mass is 32.2. The van der Waals surface area contributed by atoms with Crippen LogP contribution in [0.25, 0.3) is 11.2 Å². The third-order valence-electron chi connectivity index (χ3n) is 9.53. The Morgan fingerprint density at radius 3 is 2.03 bits per heavy atom. The molecule has 304 valence electrons. The van der Waals surface area contributed by atoms with E-state index in [1.807, 2.05) is 123 Å². The first-order valence-electron chi connectivity index (χ1n) is 18.7. The van der Waals surface area contributed by atoms with Crippen LogP contribution in [0.15, 0.2) is 122 Å². The van der Waals surface area contributed by atoms with Gasteiger partial charge in [0.25, 0.3) is 7.52 Å². The molecule has 1 unspecified atom stereocenters. The number of hydrogen-bond donors (Lipinski definition) is 2. The monoisotopic (exact) mass is 824 g/mol. The first kappa shape index (κ1) is 42.5. The predicted molar refractivity (Wildman–Crippen MR) is 227 cm³/mol. The van der Waals surface area contributed by atoms with E-state index in [0.29, 0.717) is 41.6 Å². The smallest absolute Gasteiger partial charge is 0.295 e. The van der Waals surface area contributed by atoms with Gasteiger partial charge < -0.3 is 33.8 Å². The molecule has 4 aromatic carbocycles. The molecule has 2 aromatic heterocycles. The molecule has 0 aliphatic heterocycles. The Bertz CT molecular complexity index is 2230. The zero-order valence-corrected chi connectivity index (χ0v) is 34.8. The molecule has 0 spiro atoms. The van der Waals surface area contributed by atoms with Crippen molar-refractivity contribution in [2.24, 2.45) is 5.41 Å². The lowest BCUT2D eigenvalue weighted by molar-refractivity contribution is -0.124. The Kier molecular flexibility index (Phi) is 14.4. The molecule has 0 aliphatic carbocycles. The molecule has 0 bridgehead atoms. The standard InChI is InChI=1S/C43H49N6O7PS/c1-42(2,28-55-43(33-13-9-6-10-14-33,34-15-19-36(52-3)20-16-34)35-17-21-37(53-4)22-18-35)41(50)58-26-25-56-57(51,48-27-32-11-7-5-8-12-32)31-54-24-23-49-30-47-38-39(44)45-29-46-40(38)49/h5-22,29-30H,23-28,31H2,1-4H3,(H,48,51)(H2,44,45,46). The highest BCUT2D eigenvalue weighted by Crippen LogP contribution is 2.45. The molecule has 15 heteroatoms. The first-order valence-corrected chi connectivity index (χ1v) is 21.5. The molecule has 2 heterocycles. The lowest BCUT2D eigenvalue weighted by Crippen LogP contribution is -2.38. The van der Waals surface area contributed by atoms with Gasteiger partial charge in [-0.05, 0) is 60.4 Å². The van der Waals surface area contributed by atoms with Gasteiger partial charge in [0.05, 0.1) is 45.8 Å². The Morgan fingerprint density at radius 1 is 0.810 bits per heavy atom. The number of methoxy groups -OCH3 is 2. The van der Waals surface area contributed by atoms with Crippen molar-refractivity contribution in [1.82, 2.24) is 24.6 Å². The summed E-state index contributed by atoms with van der Waals surface area (Å²) >= 11 is 1.12. The van der Waals surface area contributed by atoms with Crippen molar-refractivity contribution < 1.29 is 32.8 Å². The van der Waals surface area contributed by atoms with Gasteiger partial charge in [-0.15, -0.1) is 0 Å². The fourth-order valence-corrected chi connectivity index (χ4v) is 8.64. The van der Waals surface area contributed by atoms with Crippen LogP contribution in [0.4, 0.5) is 5.82 Å². The lowest BCUT2D eigenvalue weighted by atomic mass is 9.79. The van der Waals surface area contributed by atoms with E-state index >= 15 is 0 Å². The maximum absolute atomic E-state index is 14.1. The summed E-state index contributed by atoms with van der Waals surface area (Å²) in [7, 11) is -0.249. The van der Waals surface area contributed by atoms with Crippen LogP contribution in [-0.2, 0) is 42.0 Å². The molecule has 13 nitrogen and oxygen atoms in total. The third kappa shape index (κ3) is 10.3. The van der Waals surface area contributed by atoms with Crippen LogP contribution >= 0.6 is 19.3 Å². The van der Waals surface area contributed by atoms with Crippen molar-refractivity contribution in [2.45, 2.75) is 32.5 Å². The van der Waals surface area contributed by atoms with Gasteiger partial charge in [0.15, 0.2) is 16.6 Å². The number of fused-ring (bicyclic) bond motifs is 1. The van der Waals surface area contributed by atoms with Crippen molar-refractivity contribution >= 4 is 41.4 Å². The first-order chi connectivity index (χ1) is 28.1. The molecule has 0 saturated heterocycles. The van der Waals surface area contributed by atoms with Gasteiger partial charge in [0.2, 0.25) is 0 Å². The zero-order valence-electron chi connectivity index (χ0n) is 33.1. The van der Waals surface area contributed by atoms with Crippen molar-refractivity contribution in [3.63, 3.8) is 0 Å². The number of nitrogen functional groups attached to an aromatic ring is 1. The number of imidazole rings is 1. The number of nitrogens with zero attached hydrogens (tertiary/aromatic N) is 4. The Hall–Kier alpha value is -5.08. The topological polar surface area (TPSA) is 162 Å². The molecule has 0 radical (unpaired) electrons. The summed E-state index contributed by atoms with van der Waals surface area (Å²) in [6, 6.07) is 35.1. The van der Waals surface area contributed by atoms with E-state index in [0.717, 1.165) is 34.0 Å². The molecule has 0 aliphatic rings. The van der Waals surface area contributed by atoms with Gasteiger partial charge in [-0.1, -0.05) is 96.7 Å². The van der Waals surface area contributed by atoms with Crippen molar-refractivity contribution in [1.29, 1.82) is 0 Å². The Balaban J connectivity index is 1.11. The minimum Gasteiger partial charge on any atom is -0.497 e. The summed E-state index contributed by atoms with van der Waals surface area (Å²) in [4.78, 5) is 26.4. The number of nitrogens with two attached hydrogens (primary N) is 1. The average Bonchev–Trinajstić information content (AvgIpc) is 3.68. The molecule has 6 rings (SSSR count). The minimum atomic E-state index is -3.51. The summed E-state index contributed by atoms with van der Waals surface area (Å²) in [5.41, 5.74) is 8.59. The van der Waals surface area contributed by atoms with Crippen molar-refractivity contribution in [2.75, 3.05) is 51.9 Å². The SMILES string of the molecule is COc1ccc(C(OCC(C)(C)C(=O)SCCOP(=O)(COCCn2cnc3c(N)ncnc32)NCc2ccccc2)(c2ccccc2)c2ccc(OC)cc2)cc1. The van der Waals surface area contributed by atoms with Gasteiger partial charge >= 0.3 is 0 Å². The summed E-state index contributed by atoms with van der Waals surface area (Å²) in [5.74, 6) is 1.99. The van der Waals surface area contributed by atoms with Crippen LogP contribution in [-0.4, -0.2) is 70.8 Å². The Morgan fingerprint density at radius 2 is 1.41 bits per heavy atom. The number of thioether (sulfide) groups is 1. The van der Waals surface area contributed by atoms with E-state index in [1.54, 1.807) is 25.1 Å². The van der Waals surface area contributed by atoms with Crippen LogP contribution in [0.1, 0.15) is 36.1 Å². The number of benzene rings is 4. The van der Waals surface area contributed by atoms with Crippen LogP contribution in [0.3, 0.4) is 0 Å². The maximum atomic E-state index is 14.1. The van der Waals surface area contributed by atoms with E-state index < -0.39 is 18.5 Å². The second-order valence-electron chi connectivity index (χ2n) is 14.0. The largest absolute Gasteiger partial charge is 0.497 e. The highest BCUT2D eigenvalue weighted by molar-refractivity contribution is 8.13. The molecule has 3 N–H and O–H groups in total. The Labute approximate surface area is 343 Å². The molecular weight excluding hydrogens is 776 g/mol. The molecule has 0 saturated carbocycles. The number of nitrogens with one attached hydrogen (secondary N) is 1. The summed E-state index contributed by atoms with van der Waals surface area (Å²) < 4.78 is 45.8. The highest BCUT2D eigenvalue weighted by Gasteiger charge is 2.41. The number of rotatable bonds is 21. The number of ether oxygens (including phenoxy) is 4. The molecular formula is C43H49N6O7PS. The predicted octanol–water partition coefficient (Wildman–Crippen LogP) is 7.69. The van der Waals surface area contributed by atoms with Gasteiger partial charge in [-0.2, -0.15) is 0 Å². The van der Waals surface area contributed by atoms with Crippen molar-refractivity contribution in [3.05, 3.63) is 144 Å². The number of carbonyl (C=O) groups is 1. The zero-order chi connectivity index (χ0) is 41.0. The number of hydrogen-bond acceptors (Lipinski definition) is 12. The summed E-state index contributed by atoms with van der Waals surface area (Å²) in [6.45, 7) is 4.79. The van der Waals surface area contributed by atoms with Gasteiger partial charge in [0.1, 0.15) is 35.3 Å². The van der Waals surface area contributed by atoms with E-state index in [2.05, 4.69) is 20.0 Å². The molecule has 0 amide bonds. The lowest BCUT2D eigenvalue weighted by Gasteiger charge is -2.38. The molecule has 0 fully saturated rings. The number of carbonyl (C=O) groups excluding carboxylic acids is 1. The fraction of sp³-hybridized carbons (Fsp3) is 0.302. The maximum Gasteiger partial charge on any atom is 0.295 e. The quantitative estimate of drug-likeness (QED) is 0.0413. The van der Waals surface area contributed by atoms with E-state index in [9.17, 15) is 9.36 Å². The van der Waals surface area contributed by atoms with Crippen LogP contribution in [0.2, 0.25) is 0 Å². The number of aromatic nitrogens is 4. The van der Waals surface area contributed by atoms with Crippen LogP contribution in [0.5, 0.6) is 11.5 Å². The van der Waals surface area contributed by atoms with Crippen molar-refractivity contribution in [3.8, 4) is 11.5 Å². The van der Waals surface area contributed by atoms with Crippen LogP contribution < -0.4 is 20.3 Å². The van der Waals surface area contributed by atoms with Gasteiger partial charge in [0, 0.05) is 18.8 Å². The minimum absolute atomic E-state index is 0.0454. The average molecular weight is 825 g/mol. The fourth-order valence-electron chi connectivity index (χ4n) is 6.28. The van der Waals surface area contributed by atoms with Gasteiger partial charge in [-0.25, -0.2) is 20.0 Å². The third-order valence-corrected chi connectivity index (χ3v) is 12.5. The van der Waals surface area contributed by atoms with Gasteiger partial charge in [-0.3, -0.25) is 9.36 Å². The summed E-state index contributed by atoms with van der Waals surface area (Å²) in [5, 5.41) is 2.99.